The minimum absolute atomic E-state index is 0.0114. The second kappa shape index (κ2) is 13.6. The highest BCUT2D eigenvalue weighted by Crippen LogP contribution is 2.41. The van der Waals surface area contributed by atoms with Crippen molar-refractivity contribution in [1.29, 1.82) is 0 Å². The molecule has 0 aliphatic carbocycles. The first-order valence-electron chi connectivity index (χ1n) is 14.2. The van der Waals surface area contributed by atoms with E-state index in [2.05, 4.69) is 0 Å². The predicted octanol–water partition coefficient (Wildman–Crippen LogP) is 5.27. The lowest BCUT2D eigenvalue weighted by molar-refractivity contribution is 0.0968. The summed E-state index contributed by atoms with van der Waals surface area (Å²) in [6.45, 7) is 11.0. The molecule has 0 unspecified atom stereocenters. The molecule has 3 rings (SSSR count). The molecule has 0 atom stereocenters. The van der Waals surface area contributed by atoms with E-state index in [0.717, 1.165) is 0 Å². The lowest BCUT2D eigenvalue weighted by Crippen LogP contribution is -2.34. The van der Waals surface area contributed by atoms with E-state index in [-0.39, 0.29) is 66.0 Å². The van der Waals surface area contributed by atoms with E-state index >= 15 is 0 Å². The Morgan fingerprint density at radius 3 is 0.652 bits per heavy atom. The molecular formula is C36H33O9P. The molecular weight excluding hydrogens is 607 g/mol. The largest absolute Gasteiger partial charge is 0.294 e. The van der Waals surface area contributed by atoms with Gasteiger partial charge in [-0.25, -0.2) is 0 Å². The molecule has 0 aliphatic rings. The van der Waals surface area contributed by atoms with Gasteiger partial charge in [0.15, 0.2) is 52.0 Å². The standard InChI is InChI=1S/C36H33O9P/c1-16(37)25-10-13-28(34(22(7)43)31(25)19(4)40)46(29-14-11-26(17(2)38)32(20(5)41)35(29)23(8)44)30-15-12-27(18(3)39)33(21(6)42)36(30)24(9)45/h10-15H,1-9H3. The van der Waals surface area contributed by atoms with Gasteiger partial charge in [0.1, 0.15) is 0 Å². The van der Waals surface area contributed by atoms with E-state index < -0.39 is 60.0 Å². The maximum Gasteiger partial charge on any atom is 0.161 e. The summed E-state index contributed by atoms with van der Waals surface area (Å²) < 4.78 is 0. The summed E-state index contributed by atoms with van der Waals surface area (Å²) in [7, 11) is -2.28. The van der Waals surface area contributed by atoms with Gasteiger partial charge in [0, 0.05) is 50.1 Å². The third-order valence-electron chi connectivity index (χ3n) is 7.52. The molecule has 0 heterocycles. The lowest BCUT2D eigenvalue weighted by atomic mass is 9.93. The van der Waals surface area contributed by atoms with E-state index in [1.165, 1.54) is 98.7 Å². The number of rotatable bonds is 12. The monoisotopic (exact) mass is 640 g/mol. The van der Waals surface area contributed by atoms with E-state index in [1.807, 2.05) is 0 Å². The quantitative estimate of drug-likeness (QED) is 0.190. The van der Waals surface area contributed by atoms with E-state index in [9.17, 15) is 43.2 Å². The van der Waals surface area contributed by atoms with Gasteiger partial charge in [-0.05, 0) is 104 Å². The summed E-state index contributed by atoms with van der Waals surface area (Å²) >= 11 is 0. The van der Waals surface area contributed by atoms with E-state index in [1.54, 1.807) is 0 Å². The summed E-state index contributed by atoms with van der Waals surface area (Å²) in [5, 5.41) is 0.494. The fraction of sp³-hybridized carbons (Fsp3) is 0.250. The van der Waals surface area contributed by atoms with Crippen molar-refractivity contribution < 1.29 is 43.2 Å². The van der Waals surface area contributed by atoms with Crippen molar-refractivity contribution in [2.45, 2.75) is 62.3 Å². The van der Waals surface area contributed by atoms with Crippen LogP contribution < -0.4 is 15.9 Å². The molecule has 0 radical (unpaired) electrons. The first-order valence-corrected chi connectivity index (χ1v) is 15.6. The fourth-order valence-electron chi connectivity index (χ4n) is 5.77. The second-order valence-electron chi connectivity index (χ2n) is 11.0. The van der Waals surface area contributed by atoms with Crippen molar-refractivity contribution >= 4 is 75.9 Å². The molecule has 236 valence electrons. The number of ketones is 9. The van der Waals surface area contributed by atoms with Gasteiger partial charge < -0.3 is 0 Å². The normalized spacial score (nSPS) is 10.8. The summed E-state index contributed by atoms with van der Waals surface area (Å²) in [6.07, 6.45) is 0. The molecule has 46 heavy (non-hydrogen) atoms. The van der Waals surface area contributed by atoms with Gasteiger partial charge in [-0.15, -0.1) is 0 Å². The van der Waals surface area contributed by atoms with Crippen LogP contribution in [-0.4, -0.2) is 52.0 Å². The zero-order chi connectivity index (χ0) is 34.9. The zero-order valence-electron chi connectivity index (χ0n) is 27.1. The summed E-state index contributed by atoms with van der Waals surface area (Å²) in [4.78, 5) is 117. The average Bonchev–Trinajstić information content (AvgIpc) is 2.95. The van der Waals surface area contributed by atoms with Crippen molar-refractivity contribution in [2.24, 2.45) is 0 Å². The smallest absolute Gasteiger partial charge is 0.161 e. The first-order chi connectivity index (χ1) is 21.3. The van der Waals surface area contributed by atoms with Gasteiger partial charge in [0.05, 0.1) is 0 Å². The molecule has 0 saturated heterocycles. The van der Waals surface area contributed by atoms with Gasteiger partial charge in [-0.2, -0.15) is 0 Å². The summed E-state index contributed by atoms with van der Waals surface area (Å²) in [5.74, 6) is -4.97. The second-order valence-corrected chi connectivity index (χ2v) is 13.1. The number of hydrogen-bond acceptors (Lipinski definition) is 9. The first kappa shape index (κ1) is 35.6. The number of hydrogen-bond donors (Lipinski definition) is 0. The van der Waals surface area contributed by atoms with Gasteiger partial charge in [-0.3, -0.25) is 43.2 Å². The maximum absolute atomic E-state index is 13.4. The molecule has 0 bridgehead atoms. The molecule has 9 nitrogen and oxygen atoms in total. The third kappa shape index (κ3) is 6.42. The van der Waals surface area contributed by atoms with Gasteiger partial charge in [-0.1, -0.05) is 18.2 Å². The number of Topliss-reactive ketones (excluding diaryl/α,β-unsaturated/α-hetero) is 9. The van der Waals surface area contributed by atoms with Crippen molar-refractivity contribution in [3.8, 4) is 0 Å². The Kier molecular flexibility index (Phi) is 10.5. The van der Waals surface area contributed by atoms with Gasteiger partial charge in [0.2, 0.25) is 0 Å². The topological polar surface area (TPSA) is 154 Å². The lowest BCUT2D eigenvalue weighted by Gasteiger charge is -2.28. The van der Waals surface area contributed by atoms with Crippen molar-refractivity contribution in [1.82, 2.24) is 0 Å². The highest BCUT2D eigenvalue weighted by molar-refractivity contribution is 7.80. The minimum atomic E-state index is -2.28. The fourth-order valence-corrected chi connectivity index (χ4v) is 8.70. The molecule has 0 spiro atoms. The Bertz CT molecular complexity index is 1720. The van der Waals surface area contributed by atoms with Crippen molar-refractivity contribution in [3.63, 3.8) is 0 Å². The van der Waals surface area contributed by atoms with Crippen LogP contribution in [0.25, 0.3) is 0 Å². The Morgan fingerprint density at radius 1 is 0.304 bits per heavy atom. The van der Waals surface area contributed by atoms with Crippen LogP contribution in [0.4, 0.5) is 0 Å². The van der Waals surface area contributed by atoms with Crippen molar-refractivity contribution in [3.05, 3.63) is 86.5 Å². The van der Waals surface area contributed by atoms with E-state index in [4.69, 9.17) is 0 Å². The molecule has 3 aromatic carbocycles. The molecule has 0 aliphatic heterocycles. The molecule has 10 heteroatoms. The third-order valence-corrected chi connectivity index (χ3v) is 10.1. The van der Waals surface area contributed by atoms with Crippen LogP contribution in [-0.2, 0) is 0 Å². The zero-order valence-corrected chi connectivity index (χ0v) is 28.0. The highest BCUT2D eigenvalue weighted by Gasteiger charge is 2.35. The van der Waals surface area contributed by atoms with E-state index in [0.29, 0.717) is 0 Å². The molecule has 0 aromatic heterocycles. The van der Waals surface area contributed by atoms with Crippen LogP contribution in [0.5, 0.6) is 0 Å². The Labute approximate surface area is 267 Å². The Hall–Kier alpha value is -4.88. The number of benzene rings is 3. The van der Waals surface area contributed by atoms with Crippen LogP contribution in [0, 0.1) is 0 Å². The molecule has 3 aromatic rings. The summed E-state index contributed by atoms with van der Waals surface area (Å²) in [6, 6.07) is 8.50. The number of carbonyl (C=O) groups is 9. The van der Waals surface area contributed by atoms with Crippen LogP contribution in [0.2, 0.25) is 0 Å². The van der Waals surface area contributed by atoms with Crippen LogP contribution in [0.15, 0.2) is 36.4 Å². The predicted molar refractivity (Wildman–Crippen MR) is 175 cm³/mol. The van der Waals surface area contributed by atoms with Gasteiger partial charge >= 0.3 is 0 Å². The Balaban J connectivity index is 2.83. The Morgan fingerprint density at radius 2 is 0.500 bits per heavy atom. The average molecular weight is 641 g/mol. The van der Waals surface area contributed by atoms with Crippen molar-refractivity contribution in [2.75, 3.05) is 0 Å². The molecule has 0 amide bonds. The van der Waals surface area contributed by atoms with Crippen LogP contribution >= 0.6 is 7.92 Å². The van der Waals surface area contributed by atoms with Crippen LogP contribution in [0.3, 0.4) is 0 Å². The van der Waals surface area contributed by atoms with Crippen LogP contribution in [0.1, 0.15) is 156 Å². The number of carbonyl (C=O) groups excluding carboxylic acids is 9. The molecule has 0 fully saturated rings. The minimum Gasteiger partial charge on any atom is -0.294 e. The summed E-state index contributed by atoms with van der Waals surface area (Å²) in [5.41, 5.74) is -0.886. The maximum atomic E-state index is 13.4. The SMILES string of the molecule is CC(=O)c1ccc(P(c2ccc(C(C)=O)c(C(C)=O)c2C(C)=O)c2ccc(C(C)=O)c(C(C)=O)c2C(C)=O)c(C(C)=O)c1C(C)=O. The molecule has 0 N–H and O–H groups in total. The van der Waals surface area contributed by atoms with Gasteiger partial charge in [0.25, 0.3) is 0 Å². The molecule has 0 saturated carbocycles. The highest BCUT2D eigenvalue weighted by atomic mass is 31.1.